The predicted molar refractivity (Wildman–Crippen MR) is 78.5 cm³/mol. The van der Waals surface area contributed by atoms with E-state index in [2.05, 4.69) is 24.3 Å². The van der Waals surface area contributed by atoms with Crippen LogP contribution >= 0.6 is 0 Å². The minimum atomic E-state index is 0.816. The number of hydrogen-bond donors (Lipinski definition) is 0. The summed E-state index contributed by atoms with van der Waals surface area (Å²) in [5, 5.41) is 0. The number of rotatable bonds is 5. The van der Waals surface area contributed by atoms with Crippen molar-refractivity contribution in [1.29, 1.82) is 0 Å². The van der Waals surface area contributed by atoms with Gasteiger partial charge in [-0.25, -0.2) is 0 Å². The largest absolute Gasteiger partial charge is 0.494 e. The van der Waals surface area contributed by atoms with Crippen LogP contribution < -0.4 is 4.74 Å². The van der Waals surface area contributed by atoms with E-state index in [1.165, 1.54) is 19.3 Å². The van der Waals surface area contributed by atoms with Crippen molar-refractivity contribution in [2.24, 2.45) is 5.92 Å². The third-order valence-corrected chi connectivity index (χ3v) is 3.90. The molecule has 0 N–H and O–H groups in total. The maximum atomic E-state index is 5.74. The Morgan fingerprint density at radius 1 is 0.842 bits per heavy atom. The van der Waals surface area contributed by atoms with E-state index in [9.17, 15) is 0 Å². The van der Waals surface area contributed by atoms with E-state index in [4.69, 9.17) is 4.74 Å². The Hall–Kier alpha value is -1.76. The number of fused-ring (bicyclic) bond motifs is 1. The Kier molecular flexibility index (Phi) is 3.83. The smallest absolute Gasteiger partial charge is 0.119 e. The summed E-state index contributed by atoms with van der Waals surface area (Å²) in [6.07, 6.45) is 4.91. The fourth-order valence-corrected chi connectivity index (χ4v) is 2.93. The number of benzene rings is 2. The Bertz CT molecular complexity index is 493. The third kappa shape index (κ3) is 3.17. The first-order valence-electron chi connectivity index (χ1n) is 7.16. The summed E-state index contributed by atoms with van der Waals surface area (Å²) in [6, 6.07) is 18.9. The van der Waals surface area contributed by atoms with Crippen LogP contribution in [0.3, 0.4) is 0 Å². The molecular formula is C18H20O. The van der Waals surface area contributed by atoms with Crippen LogP contribution in [0, 0.1) is 5.92 Å². The second-order valence-electron chi connectivity index (χ2n) is 5.35. The van der Waals surface area contributed by atoms with Crippen molar-refractivity contribution < 1.29 is 4.74 Å². The first-order chi connectivity index (χ1) is 9.42. The highest BCUT2D eigenvalue weighted by Crippen LogP contribution is 2.29. The average molecular weight is 252 g/mol. The van der Waals surface area contributed by atoms with Gasteiger partial charge in [0.15, 0.2) is 0 Å². The van der Waals surface area contributed by atoms with Gasteiger partial charge in [0.05, 0.1) is 6.61 Å². The normalized spacial score (nSPS) is 14.3. The van der Waals surface area contributed by atoms with Crippen molar-refractivity contribution in [2.45, 2.75) is 25.7 Å². The van der Waals surface area contributed by atoms with Crippen molar-refractivity contribution in [3.8, 4) is 5.75 Å². The molecule has 0 saturated carbocycles. The molecule has 98 valence electrons. The van der Waals surface area contributed by atoms with Gasteiger partial charge in [0.2, 0.25) is 0 Å². The topological polar surface area (TPSA) is 9.23 Å². The summed E-state index contributed by atoms with van der Waals surface area (Å²) < 4.78 is 5.74. The summed E-state index contributed by atoms with van der Waals surface area (Å²) in [6.45, 7) is 0.830. The highest BCUT2D eigenvalue weighted by Gasteiger charge is 2.20. The molecular weight excluding hydrogens is 232 g/mol. The summed E-state index contributed by atoms with van der Waals surface area (Å²) in [7, 11) is 0. The molecule has 0 amide bonds. The van der Waals surface area contributed by atoms with Crippen molar-refractivity contribution in [1.82, 2.24) is 0 Å². The van der Waals surface area contributed by atoms with Gasteiger partial charge in [0.1, 0.15) is 5.75 Å². The van der Waals surface area contributed by atoms with Gasteiger partial charge in [-0.05, 0) is 54.9 Å². The van der Waals surface area contributed by atoms with Gasteiger partial charge in [-0.1, -0.05) is 42.5 Å². The van der Waals surface area contributed by atoms with Gasteiger partial charge >= 0.3 is 0 Å². The SMILES string of the molecule is c1ccc(OCCCC2Cc3ccccc3C2)cc1. The van der Waals surface area contributed by atoms with Crippen molar-refractivity contribution >= 4 is 0 Å². The lowest BCUT2D eigenvalue weighted by molar-refractivity contribution is 0.293. The molecule has 1 aliphatic rings. The molecule has 0 saturated heterocycles. The lowest BCUT2D eigenvalue weighted by Gasteiger charge is -2.09. The van der Waals surface area contributed by atoms with E-state index in [1.54, 1.807) is 11.1 Å². The lowest BCUT2D eigenvalue weighted by Crippen LogP contribution is -2.04. The number of para-hydroxylation sites is 1. The minimum Gasteiger partial charge on any atom is -0.494 e. The highest BCUT2D eigenvalue weighted by molar-refractivity contribution is 5.32. The molecule has 0 fully saturated rings. The van der Waals surface area contributed by atoms with Gasteiger partial charge in [-0.3, -0.25) is 0 Å². The van der Waals surface area contributed by atoms with E-state index in [-0.39, 0.29) is 0 Å². The van der Waals surface area contributed by atoms with Gasteiger partial charge in [0.25, 0.3) is 0 Å². The Morgan fingerprint density at radius 2 is 1.47 bits per heavy atom. The fraction of sp³-hybridized carbons (Fsp3) is 0.333. The van der Waals surface area contributed by atoms with Crippen molar-refractivity contribution in [2.75, 3.05) is 6.61 Å². The molecule has 2 aromatic carbocycles. The van der Waals surface area contributed by atoms with Crippen LogP contribution in [0.25, 0.3) is 0 Å². The van der Waals surface area contributed by atoms with E-state index < -0.39 is 0 Å². The molecule has 2 aromatic rings. The third-order valence-electron chi connectivity index (χ3n) is 3.90. The second-order valence-corrected chi connectivity index (χ2v) is 5.35. The molecule has 1 nitrogen and oxygen atoms in total. The lowest BCUT2D eigenvalue weighted by atomic mass is 10.0. The first kappa shape index (κ1) is 12.3. The van der Waals surface area contributed by atoms with Crippen LogP contribution in [0.1, 0.15) is 24.0 Å². The average Bonchev–Trinajstić information content (AvgIpc) is 2.87. The van der Waals surface area contributed by atoms with Crippen LogP contribution in [0.15, 0.2) is 54.6 Å². The second kappa shape index (κ2) is 5.92. The standard InChI is InChI=1S/C18H20O/c1-2-10-18(11-3-1)19-12-6-7-15-13-16-8-4-5-9-17(16)14-15/h1-5,8-11,15H,6-7,12-14H2. The van der Waals surface area contributed by atoms with Gasteiger partial charge in [-0.15, -0.1) is 0 Å². The maximum absolute atomic E-state index is 5.74. The van der Waals surface area contributed by atoms with E-state index in [0.717, 1.165) is 24.7 Å². The van der Waals surface area contributed by atoms with Crippen LogP contribution in [0.5, 0.6) is 5.75 Å². The fourth-order valence-electron chi connectivity index (χ4n) is 2.93. The zero-order valence-corrected chi connectivity index (χ0v) is 11.2. The molecule has 0 spiro atoms. The zero-order chi connectivity index (χ0) is 12.9. The molecule has 0 unspecified atom stereocenters. The molecule has 0 aromatic heterocycles. The Labute approximate surface area is 115 Å². The zero-order valence-electron chi connectivity index (χ0n) is 11.2. The van der Waals surface area contributed by atoms with E-state index in [1.807, 2.05) is 30.3 Å². The Morgan fingerprint density at radius 3 is 2.16 bits per heavy atom. The Balaban J connectivity index is 1.41. The summed E-state index contributed by atoms with van der Waals surface area (Å²) in [5.41, 5.74) is 3.10. The molecule has 0 heterocycles. The molecule has 0 aliphatic heterocycles. The van der Waals surface area contributed by atoms with Gasteiger partial charge in [0, 0.05) is 0 Å². The monoisotopic (exact) mass is 252 g/mol. The number of ether oxygens (including phenoxy) is 1. The molecule has 19 heavy (non-hydrogen) atoms. The van der Waals surface area contributed by atoms with Crippen LogP contribution in [-0.2, 0) is 12.8 Å². The van der Waals surface area contributed by atoms with Crippen LogP contribution in [0.2, 0.25) is 0 Å². The first-order valence-corrected chi connectivity index (χ1v) is 7.16. The van der Waals surface area contributed by atoms with Gasteiger partial charge in [-0.2, -0.15) is 0 Å². The summed E-state index contributed by atoms with van der Waals surface area (Å²) in [5.74, 6) is 1.80. The van der Waals surface area contributed by atoms with Crippen molar-refractivity contribution in [3.05, 3.63) is 65.7 Å². The minimum absolute atomic E-state index is 0.816. The molecule has 0 radical (unpaired) electrons. The molecule has 0 bridgehead atoms. The summed E-state index contributed by atoms with van der Waals surface area (Å²) >= 11 is 0. The van der Waals surface area contributed by atoms with E-state index >= 15 is 0 Å². The highest BCUT2D eigenvalue weighted by atomic mass is 16.5. The molecule has 1 heteroatoms. The maximum Gasteiger partial charge on any atom is 0.119 e. The quantitative estimate of drug-likeness (QED) is 0.722. The molecule has 3 rings (SSSR count). The van der Waals surface area contributed by atoms with Gasteiger partial charge < -0.3 is 4.74 Å². The molecule has 1 aliphatic carbocycles. The van der Waals surface area contributed by atoms with E-state index in [0.29, 0.717) is 0 Å². The molecule has 0 atom stereocenters. The summed E-state index contributed by atoms with van der Waals surface area (Å²) in [4.78, 5) is 0. The number of hydrogen-bond acceptors (Lipinski definition) is 1. The predicted octanol–water partition coefficient (Wildman–Crippen LogP) is 4.26. The van der Waals surface area contributed by atoms with Crippen LogP contribution in [0.4, 0.5) is 0 Å². The van der Waals surface area contributed by atoms with Crippen LogP contribution in [-0.4, -0.2) is 6.61 Å². The van der Waals surface area contributed by atoms with Crippen molar-refractivity contribution in [3.63, 3.8) is 0 Å².